The molecule has 3 rings (SSSR count). The summed E-state index contributed by atoms with van der Waals surface area (Å²) in [6.07, 6.45) is 0.780. The van der Waals surface area contributed by atoms with Crippen molar-refractivity contribution in [2.24, 2.45) is 0 Å². The SMILES string of the molecule is CCN1CCN(c2c(CN(CCCOC)C(=O)COC)c(C)nn2-c2ccccc2)CC1. The largest absolute Gasteiger partial charge is 0.385 e. The molecule has 1 amide bonds. The van der Waals surface area contributed by atoms with Crippen LogP contribution < -0.4 is 4.90 Å². The number of para-hydroxylation sites is 1. The molecule has 8 heteroatoms. The van der Waals surface area contributed by atoms with Crippen LogP contribution in [0.2, 0.25) is 0 Å². The van der Waals surface area contributed by atoms with Crippen molar-refractivity contribution in [3.05, 3.63) is 41.6 Å². The third-order valence-electron chi connectivity index (χ3n) is 6.02. The Morgan fingerprint density at radius 3 is 2.44 bits per heavy atom. The summed E-state index contributed by atoms with van der Waals surface area (Å²) in [5.74, 6) is 1.07. The van der Waals surface area contributed by atoms with Gasteiger partial charge in [-0.2, -0.15) is 5.10 Å². The summed E-state index contributed by atoms with van der Waals surface area (Å²) in [5.41, 5.74) is 3.08. The van der Waals surface area contributed by atoms with Gasteiger partial charge in [-0.1, -0.05) is 25.1 Å². The second-order valence-corrected chi connectivity index (χ2v) is 8.15. The van der Waals surface area contributed by atoms with Gasteiger partial charge in [0.1, 0.15) is 12.4 Å². The minimum absolute atomic E-state index is 0.0165. The van der Waals surface area contributed by atoms with E-state index in [-0.39, 0.29) is 12.5 Å². The number of hydrogen-bond acceptors (Lipinski definition) is 6. The van der Waals surface area contributed by atoms with Gasteiger partial charge in [0.25, 0.3) is 0 Å². The van der Waals surface area contributed by atoms with E-state index in [1.165, 1.54) is 0 Å². The molecule has 1 aliphatic rings. The molecule has 0 spiro atoms. The van der Waals surface area contributed by atoms with Crippen LogP contribution in [0.15, 0.2) is 30.3 Å². The number of carbonyl (C=O) groups excluding carboxylic acids is 1. The van der Waals surface area contributed by atoms with Gasteiger partial charge in [0, 0.05) is 59.1 Å². The fourth-order valence-electron chi connectivity index (χ4n) is 4.18. The van der Waals surface area contributed by atoms with Gasteiger partial charge in [-0.25, -0.2) is 4.68 Å². The van der Waals surface area contributed by atoms with Gasteiger partial charge in [-0.05, 0) is 32.0 Å². The van der Waals surface area contributed by atoms with Crippen LogP contribution in [0.1, 0.15) is 24.6 Å². The van der Waals surface area contributed by atoms with E-state index >= 15 is 0 Å². The lowest BCUT2D eigenvalue weighted by atomic mass is 10.1. The lowest BCUT2D eigenvalue weighted by molar-refractivity contribution is -0.136. The van der Waals surface area contributed by atoms with Crippen LogP contribution in [0, 0.1) is 6.92 Å². The van der Waals surface area contributed by atoms with Gasteiger partial charge in [0.2, 0.25) is 5.91 Å². The van der Waals surface area contributed by atoms with E-state index in [0.717, 1.165) is 61.9 Å². The number of carbonyl (C=O) groups is 1. The number of methoxy groups -OCH3 is 2. The highest BCUT2D eigenvalue weighted by atomic mass is 16.5. The lowest BCUT2D eigenvalue weighted by Gasteiger charge is -2.36. The minimum Gasteiger partial charge on any atom is -0.385 e. The first-order valence-corrected chi connectivity index (χ1v) is 11.5. The van der Waals surface area contributed by atoms with Crippen molar-refractivity contribution in [3.63, 3.8) is 0 Å². The first-order valence-electron chi connectivity index (χ1n) is 11.5. The molecule has 1 aromatic heterocycles. The molecule has 0 unspecified atom stereocenters. The van der Waals surface area contributed by atoms with Crippen molar-refractivity contribution < 1.29 is 14.3 Å². The number of aromatic nitrogens is 2. The molecule has 1 aromatic carbocycles. The number of aryl methyl sites for hydroxylation is 1. The van der Waals surface area contributed by atoms with Crippen LogP contribution in [0.3, 0.4) is 0 Å². The normalized spacial score (nSPS) is 14.7. The summed E-state index contributed by atoms with van der Waals surface area (Å²) in [6, 6.07) is 10.2. The Hall–Kier alpha value is -2.42. The molecule has 0 aliphatic carbocycles. The Morgan fingerprint density at radius 2 is 1.81 bits per heavy atom. The van der Waals surface area contributed by atoms with Crippen LogP contribution in [-0.4, -0.2) is 92.2 Å². The Labute approximate surface area is 191 Å². The topological polar surface area (TPSA) is 63.1 Å². The van der Waals surface area contributed by atoms with E-state index < -0.39 is 0 Å². The number of likely N-dealkylation sites (N-methyl/N-ethyl adjacent to an activating group) is 1. The van der Waals surface area contributed by atoms with Gasteiger partial charge in [-0.3, -0.25) is 4.79 Å². The zero-order valence-corrected chi connectivity index (χ0v) is 19.9. The zero-order valence-electron chi connectivity index (χ0n) is 19.9. The molecule has 0 radical (unpaired) electrons. The minimum atomic E-state index is -0.0165. The second kappa shape index (κ2) is 12.0. The highest BCUT2D eigenvalue weighted by molar-refractivity contribution is 5.77. The molecule has 2 aromatic rings. The monoisotopic (exact) mass is 443 g/mol. The van der Waals surface area contributed by atoms with Crippen molar-refractivity contribution in [2.75, 3.05) is 71.6 Å². The number of rotatable bonds is 11. The third kappa shape index (κ3) is 5.88. The molecule has 1 saturated heterocycles. The Balaban J connectivity index is 1.96. The number of anilines is 1. The molecule has 2 heterocycles. The van der Waals surface area contributed by atoms with Crippen molar-refractivity contribution in [3.8, 4) is 5.69 Å². The summed E-state index contributed by atoms with van der Waals surface area (Å²) in [7, 11) is 3.24. The Kier molecular flexibility index (Phi) is 9.08. The Bertz CT molecular complexity index is 847. The molecule has 8 nitrogen and oxygen atoms in total. The Morgan fingerprint density at radius 1 is 1.09 bits per heavy atom. The van der Waals surface area contributed by atoms with Gasteiger partial charge >= 0.3 is 0 Å². The standard InChI is InChI=1S/C24H37N5O3/c1-5-26-13-15-27(16-14-26)24-22(18-28(12-9-17-31-3)23(30)19-32-4)20(2)25-29(24)21-10-7-6-8-11-21/h6-8,10-11H,5,9,12-19H2,1-4H3. The molecule has 176 valence electrons. The number of ether oxygens (including phenoxy) is 2. The molecule has 0 bridgehead atoms. The van der Waals surface area contributed by atoms with E-state index in [4.69, 9.17) is 14.6 Å². The van der Waals surface area contributed by atoms with Crippen LogP contribution in [0.25, 0.3) is 5.69 Å². The number of amides is 1. The maximum Gasteiger partial charge on any atom is 0.248 e. The van der Waals surface area contributed by atoms with Gasteiger partial charge < -0.3 is 24.2 Å². The average Bonchev–Trinajstić information content (AvgIpc) is 3.15. The summed E-state index contributed by atoms with van der Waals surface area (Å²) in [6.45, 7) is 11.0. The zero-order chi connectivity index (χ0) is 22.9. The predicted molar refractivity (Wildman–Crippen MR) is 126 cm³/mol. The quantitative estimate of drug-likeness (QED) is 0.497. The molecule has 1 aliphatic heterocycles. The third-order valence-corrected chi connectivity index (χ3v) is 6.02. The molecule has 1 fully saturated rings. The van der Waals surface area contributed by atoms with Crippen LogP contribution >= 0.6 is 0 Å². The summed E-state index contributed by atoms with van der Waals surface area (Å²) < 4.78 is 12.4. The van der Waals surface area contributed by atoms with E-state index in [0.29, 0.717) is 19.7 Å². The van der Waals surface area contributed by atoms with Gasteiger partial charge in [0.15, 0.2) is 0 Å². The fraction of sp³-hybridized carbons (Fsp3) is 0.583. The van der Waals surface area contributed by atoms with E-state index in [1.54, 1.807) is 14.2 Å². The van der Waals surface area contributed by atoms with E-state index in [2.05, 4.69) is 28.9 Å². The maximum absolute atomic E-state index is 12.8. The molecular formula is C24H37N5O3. The fourth-order valence-corrected chi connectivity index (χ4v) is 4.18. The van der Waals surface area contributed by atoms with E-state index in [1.807, 2.05) is 34.7 Å². The number of hydrogen-bond donors (Lipinski definition) is 0. The molecule has 0 saturated carbocycles. The first-order chi connectivity index (χ1) is 15.6. The molecule has 0 N–H and O–H groups in total. The van der Waals surface area contributed by atoms with Crippen molar-refractivity contribution >= 4 is 11.7 Å². The number of benzene rings is 1. The summed E-state index contributed by atoms with van der Waals surface area (Å²) in [5, 5.41) is 4.92. The molecule has 0 atom stereocenters. The second-order valence-electron chi connectivity index (χ2n) is 8.15. The first kappa shape index (κ1) is 24.2. The smallest absolute Gasteiger partial charge is 0.248 e. The summed E-state index contributed by atoms with van der Waals surface area (Å²) in [4.78, 5) is 19.6. The van der Waals surface area contributed by atoms with Crippen molar-refractivity contribution in [1.82, 2.24) is 19.6 Å². The van der Waals surface area contributed by atoms with Crippen molar-refractivity contribution in [2.45, 2.75) is 26.8 Å². The molecule has 32 heavy (non-hydrogen) atoms. The highest BCUT2D eigenvalue weighted by Crippen LogP contribution is 2.29. The van der Waals surface area contributed by atoms with Crippen molar-refractivity contribution in [1.29, 1.82) is 0 Å². The lowest BCUT2D eigenvalue weighted by Crippen LogP contribution is -2.47. The average molecular weight is 444 g/mol. The number of nitrogens with zero attached hydrogens (tertiary/aromatic N) is 5. The predicted octanol–water partition coefficient (Wildman–Crippen LogP) is 2.33. The van der Waals surface area contributed by atoms with Gasteiger partial charge in [0.05, 0.1) is 17.9 Å². The van der Waals surface area contributed by atoms with Crippen LogP contribution in [0.5, 0.6) is 0 Å². The summed E-state index contributed by atoms with van der Waals surface area (Å²) >= 11 is 0. The van der Waals surface area contributed by atoms with Gasteiger partial charge in [-0.15, -0.1) is 0 Å². The highest BCUT2D eigenvalue weighted by Gasteiger charge is 2.27. The van der Waals surface area contributed by atoms with Crippen LogP contribution in [-0.2, 0) is 20.8 Å². The van der Waals surface area contributed by atoms with E-state index in [9.17, 15) is 4.79 Å². The van der Waals surface area contributed by atoms with Crippen LogP contribution in [0.4, 0.5) is 5.82 Å². The number of piperazine rings is 1. The molecular weight excluding hydrogens is 406 g/mol. The maximum atomic E-state index is 12.8.